The van der Waals surface area contributed by atoms with Crippen LogP contribution in [-0.4, -0.2) is 95.9 Å². The van der Waals surface area contributed by atoms with Gasteiger partial charge in [0.05, 0.1) is 26.4 Å². The lowest BCUT2D eigenvalue weighted by Gasteiger charge is -2.21. The average molecular weight is 1160 g/mol. The first-order valence-corrected chi connectivity index (χ1v) is 33.2. The highest BCUT2D eigenvalue weighted by atomic mass is 31.2. The average Bonchev–Trinajstić information content (AvgIpc) is 3.42. The van der Waals surface area contributed by atoms with E-state index in [9.17, 15) is 43.5 Å². The number of aliphatic hydroxyl groups is 2. The van der Waals surface area contributed by atoms with Gasteiger partial charge in [-0.1, -0.05) is 203 Å². The van der Waals surface area contributed by atoms with E-state index in [1.54, 1.807) is 0 Å². The van der Waals surface area contributed by atoms with E-state index in [0.717, 1.165) is 116 Å². The Morgan fingerprint density at radius 3 is 1.10 bits per heavy atom. The van der Waals surface area contributed by atoms with Gasteiger partial charge in [-0.15, -0.1) is 0 Å². The molecule has 0 amide bonds. The van der Waals surface area contributed by atoms with Gasteiger partial charge in [0.1, 0.15) is 25.4 Å². The summed E-state index contributed by atoms with van der Waals surface area (Å²) in [5.74, 6) is -1.61. The second-order valence-electron chi connectivity index (χ2n) is 20.1. The number of allylic oxidation sites excluding steroid dienone is 12. The summed E-state index contributed by atoms with van der Waals surface area (Å²) < 4.78 is 60.5. The molecule has 0 heterocycles. The van der Waals surface area contributed by atoms with Gasteiger partial charge in [0.25, 0.3) is 0 Å². The molecule has 0 aromatic carbocycles. The van der Waals surface area contributed by atoms with E-state index in [4.69, 9.17) is 32.3 Å². The van der Waals surface area contributed by atoms with Gasteiger partial charge < -0.3 is 34.2 Å². The Morgan fingerprint density at radius 2 is 0.671 bits per heavy atom. The Hall–Kier alpha value is -3.01. The molecular formula is C61H108O16P2. The zero-order valence-electron chi connectivity index (χ0n) is 49.0. The molecule has 5 unspecified atom stereocenters. The Balaban J connectivity index is 4.63. The van der Waals surface area contributed by atoms with Crippen molar-refractivity contribution < 1.29 is 75.8 Å². The van der Waals surface area contributed by atoms with Gasteiger partial charge in [-0.2, -0.15) is 0 Å². The summed E-state index contributed by atoms with van der Waals surface area (Å²) in [5, 5.41) is 20.4. The number of ether oxygens (including phenoxy) is 3. The van der Waals surface area contributed by atoms with Crippen LogP contribution in [0.4, 0.5) is 0 Å². The molecule has 5 atom stereocenters. The highest BCUT2D eigenvalue weighted by Gasteiger charge is 2.29. The molecule has 0 spiro atoms. The van der Waals surface area contributed by atoms with Crippen molar-refractivity contribution >= 4 is 33.6 Å². The molecular weight excluding hydrogens is 1050 g/mol. The number of phosphoric ester groups is 2. The molecule has 0 aromatic heterocycles. The molecule has 0 bridgehead atoms. The van der Waals surface area contributed by atoms with Crippen LogP contribution in [0.25, 0.3) is 0 Å². The molecule has 0 aromatic rings. The van der Waals surface area contributed by atoms with Crippen LogP contribution in [0.2, 0.25) is 0 Å². The van der Waals surface area contributed by atoms with Crippen LogP contribution in [0.1, 0.15) is 239 Å². The summed E-state index contributed by atoms with van der Waals surface area (Å²) >= 11 is 0. The Kier molecular flexibility index (Phi) is 53.4. The second-order valence-corrected chi connectivity index (χ2v) is 23.0. The standard InChI is InChI=1S/C61H108O16P2/c1-4-7-10-13-16-19-22-24-25-26-27-28-29-31-34-35-38-41-44-47-59(64)71-50-56(62)51-73-78(67,68)74-52-57(63)53-75-79(69,70)76-55-58(77-61(66)49-46-43-40-37-32-21-18-15-12-9-6-3)54-72-60(65)48-45-42-39-36-33-30-23-20-17-14-11-8-5-2/h7,10,16,19-20,23-25,27-28,31,34,56-58,62-63H,4-6,8-9,11-15,17-18,21-22,26,29-30,32-33,35-55H2,1-3H3,(H,67,68)(H,69,70)/b10-7-,19-16-,23-20-,25-24-,28-27-,34-31-. The first-order valence-electron chi connectivity index (χ1n) is 30.2. The molecule has 16 nitrogen and oxygen atoms in total. The van der Waals surface area contributed by atoms with Crippen LogP contribution in [0, 0.1) is 0 Å². The molecule has 18 heteroatoms. The third-order valence-corrected chi connectivity index (χ3v) is 14.3. The maximum atomic E-state index is 12.8. The minimum Gasteiger partial charge on any atom is -0.463 e. The van der Waals surface area contributed by atoms with Crippen molar-refractivity contribution in [3.63, 3.8) is 0 Å². The quantitative estimate of drug-likeness (QED) is 0.0146. The van der Waals surface area contributed by atoms with Crippen LogP contribution >= 0.6 is 15.6 Å². The van der Waals surface area contributed by atoms with Crippen LogP contribution < -0.4 is 0 Å². The normalized spacial score (nSPS) is 15.0. The van der Waals surface area contributed by atoms with Gasteiger partial charge in [-0.25, -0.2) is 9.13 Å². The molecule has 0 fully saturated rings. The number of unbranched alkanes of at least 4 members (excludes halogenated alkanes) is 22. The number of esters is 3. The first kappa shape index (κ1) is 76.0. The van der Waals surface area contributed by atoms with Crippen molar-refractivity contribution in [1.29, 1.82) is 0 Å². The third kappa shape index (κ3) is 56.6. The summed E-state index contributed by atoms with van der Waals surface area (Å²) in [6.07, 6.45) is 54.1. The summed E-state index contributed by atoms with van der Waals surface area (Å²) in [6, 6.07) is 0. The molecule has 458 valence electrons. The molecule has 0 aliphatic rings. The van der Waals surface area contributed by atoms with Crippen molar-refractivity contribution in [2.24, 2.45) is 0 Å². The van der Waals surface area contributed by atoms with Crippen LogP contribution in [-0.2, 0) is 55.8 Å². The summed E-state index contributed by atoms with van der Waals surface area (Å²) in [5.41, 5.74) is 0. The summed E-state index contributed by atoms with van der Waals surface area (Å²) in [7, 11) is -9.76. The zero-order chi connectivity index (χ0) is 58.2. The predicted octanol–water partition coefficient (Wildman–Crippen LogP) is 15.6. The van der Waals surface area contributed by atoms with E-state index in [1.165, 1.54) is 64.2 Å². The third-order valence-electron chi connectivity index (χ3n) is 12.4. The lowest BCUT2D eigenvalue weighted by atomic mass is 10.1. The van der Waals surface area contributed by atoms with Gasteiger partial charge in [-0.05, 0) is 89.9 Å². The van der Waals surface area contributed by atoms with Crippen molar-refractivity contribution in [1.82, 2.24) is 0 Å². The molecule has 0 aliphatic carbocycles. The molecule has 79 heavy (non-hydrogen) atoms. The van der Waals surface area contributed by atoms with E-state index in [2.05, 4.69) is 93.7 Å². The number of hydrogen-bond donors (Lipinski definition) is 4. The number of phosphoric acid groups is 2. The van der Waals surface area contributed by atoms with E-state index in [0.29, 0.717) is 19.3 Å². The van der Waals surface area contributed by atoms with E-state index in [-0.39, 0.29) is 19.3 Å². The van der Waals surface area contributed by atoms with Crippen LogP contribution in [0.3, 0.4) is 0 Å². The summed E-state index contributed by atoms with van der Waals surface area (Å²) in [4.78, 5) is 58.0. The smallest absolute Gasteiger partial charge is 0.463 e. The number of hydrogen-bond acceptors (Lipinski definition) is 14. The number of carbonyl (C=O) groups excluding carboxylic acids is 3. The summed E-state index contributed by atoms with van der Waals surface area (Å²) in [6.45, 7) is 2.46. The Labute approximate surface area is 477 Å². The minimum absolute atomic E-state index is 0.106. The molecule has 0 radical (unpaired) electrons. The topological polar surface area (TPSA) is 231 Å². The van der Waals surface area contributed by atoms with Gasteiger partial charge in [-0.3, -0.25) is 32.5 Å². The lowest BCUT2D eigenvalue weighted by molar-refractivity contribution is -0.161. The van der Waals surface area contributed by atoms with E-state index in [1.807, 2.05) is 0 Å². The zero-order valence-corrected chi connectivity index (χ0v) is 50.8. The fourth-order valence-electron chi connectivity index (χ4n) is 7.77. The highest BCUT2D eigenvalue weighted by molar-refractivity contribution is 7.47. The monoisotopic (exact) mass is 1160 g/mol. The van der Waals surface area contributed by atoms with Crippen molar-refractivity contribution in [3.05, 3.63) is 72.9 Å². The maximum absolute atomic E-state index is 12.8. The Morgan fingerprint density at radius 1 is 0.367 bits per heavy atom. The SMILES string of the molecule is CC/C=C\C/C=C\C/C=C\C/C=C\C/C=C\CCCCCC(=O)OCC(O)COP(=O)(O)OCC(O)COP(=O)(O)OCC(COC(=O)CCCCCCC/C=C\CCCCCC)OC(=O)CCCCCCCCCCCCC. The number of rotatable bonds is 57. The van der Waals surface area contributed by atoms with Crippen LogP contribution in [0.15, 0.2) is 72.9 Å². The van der Waals surface area contributed by atoms with Gasteiger partial charge in [0, 0.05) is 19.3 Å². The van der Waals surface area contributed by atoms with E-state index < -0.39 is 91.5 Å². The fraction of sp³-hybridized carbons (Fsp3) is 0.754. The highest BCUT2D eigenvalue weighted by Crippen LogP contribution is 2.45. The molecule has 0 aliphatic heterocycles. The van der Waals surface area contributed by atoms with Crippen molar-refractivity contribution in [2.75, 3.05) is 39.6 Å². The lowest BCUT2D eigenvalue weighted by Crippen LogP contribution is -2.30. The van der Waals surface area contributed by atoms with E-state index >= 15 is 0 Å². The van der Waals surface area contributed by atoms with Gasteiger partial charge in [0.2, 0.25) is 0 Å². The number of aliphatic hydroxyl groups excluding tert-OH is 2. The van der Waals surface area contributed by atoms with Gasteiger partial charge >= 0.3 is 33.6 Å². The maximum Gasteiger partial charge on any atom is 0.472 e. The Bertz CT molecular complexity index is 1750. The molecule has 4 N–H and O–H groups in total. The van der Waals surface area contributed by atoms with Gasteiger partial charge in [0.15, 0.2) is 6.10 Å². The minimum atomic E-state index is -4.91. The molecule has 0 saturated heterocycles. The molecule has 0 rings (SSSR count). The molecule has 0 saturated carbocycles. The number of carbonyl (C=O) groups is 3. The van der Waals surface area contributed by atoms with Crippen molar-refractivity contribution in [3.8, 4) is 0 Å². The first-order chi connectivity index (χ1) is 38.2. The second kappa shape index (κ2) is 55.5. The van der Waals surface area contributed by atoms with Crippen LogP contribution in [0.5, 0.6) is 0 Å². The van der Waals surface area contributed by atoms with Crippen molar-refractivity contribution in [2.45, 2.75) is 257 Å². The predicted molar refractivity (Wildman–Crippen MR) is 316 cm³/mol. The fourth-order valence-corrected chi connectivity index (χ4v) is 9.35. The largest absolute Gasteiger partial charge is 0.472 e.